The van der Waals surface area contributed by atoms with E-state index in [-0.39, 0.29) is 41.4 Å². The van der Waals surface area contributed by atoms with E-state index in [1.54, 1.807) is 0 Å². The van der Waals surface area contributed by atoms with Crippen molar-refractivity contribution in [1.82, 2.24) is 5.32 Å². The number of ketones is 2. The molecule has 1 fully saturated rings. The predicted octanol–water partition coefficient (Wildman–Crippen LogP) is 5.42. The van der Waals surface area contributed by atoms with Crippen LogP contribution >= 0.6 is 0 Å². The lowest BCUT2D eigenvalue weighted by Gasteiger charge is -2.31. The molecule has 0 spiro atoms. The highest BCUT2D eigenvalue weighted by atomic mass is 16.1. The lowest BCUT2D eigenvalue weighted by molar-refractivity contribution is -0.132. The fraction of sp³-hybridized carbons (Fsp3) is 0.913. The Morgan fingerprint density at radius 3 is 1.88 bits per heavy atom. The zero-order valence-corrected chi connectivity index (χ0v) is 18.3. The smallest absolute Gasteiger partial charge is 0.150 e. The highest BCUT2D eigenvalue weighted by Crippen LogP contribution is 2.35. The Kier molecular flexibility index (Phi) is 10.1. The van der Waals surface area contributed by atoms with Gasteiger partial charge in [-0.25, -0.2) is 0 Å². The molecule has 0 aromatic rings. The van der Waals surface area contributed by atoms with Gasteiger partial charge in [0.05, 0.1) is 6.04 Å². The SMILES string of the molecule is CCC1CCC(CC(CC(=O)C(NC(C)C)C(C)C)C(=O)C(C)C)CC1. The van der Waals surface area contributed by atoms with Crippen molar-refractivity contribution in [2.45, 2.75) is 105 Å². The molecule has 3 nitrogen and oxygen atoms in total. The van der Waals surface area contributed by atoms with Crippen molar-refractivity contribution in [3.05, 3.63) is 0 Å². The Morgan fingerprint density at radius 2 is 1.46 bits per heavy atom. The molecule has 0 heterocycles. The first-order valence-corrected chi connectivity index (χ1v) is 11.0. The van der Waals surface area contributed by atoms with Crippen LogP contribution in [-0.4, -0.2) is 23.7 Å². The lowest BCUT2D eigenvalue weighted by atomic mass is 9.74. The molecule has 2 unspecified atom stereocenters. The van der Waals surface area contributed by atoms with Gasteiger partial charge in [0.25, 0.3) is 0 Å². The molecular weight excluding hydrogens is 322 g/mol. The van der Waals surface area contributed by atoms with E-state index in [2.05, 4.69) is 39.9 Å². The molecule has 1 rings (SSSR count). The van der Waals surface area contributed by atoms with Gasteiger partial charge in [0.2, 0.25) is 0 Å². The van der Waals surface area contributed by atoms with Crippen molar-refractivity contribution in [1.29, 1.82) is 0 Å². The molecule has 0 aromatic heterocycles. The molecular formula is C23H43NO2. The van der Waals surface area contributed by atoms with Crippen LogP contribution in [0.3, 0.4) is 0 Å². The van der Waals surface area contributed by atoms with E-state index in [0.29, 0.717) is 12.3 Å². The second-order valence-electron chi connectivity index (χ2n) is 9.50. The highest BCUT2D eigenvalue weighted by Gasteiger charge is 2.32. The van der Waals surface area contributed by atoms with Crippen LogP contribution in [-0.2, 0) is 9.59 Å². The summed E-state index contributed by atoms with van der Waals surface area (Å²) in [5, 5.41) is 3.41. The number of rotatable bonds is 11. The summed E-state index contributed by atoms with van der Waals surface area (Å²) < 4.78 is 0. The van der Waals surface area contributed by atoms with Crippen molar-refractivity contribution in [2.24, 2.45) is 29.6 Å². The summed E-state index contributed by atoms with van der Waals surface area (Å²) in [6.07, 6.45) is 7.64. The molecule has 3 heteroatoms. The fourth-order valence-corrected chi connectivity index (χ4v) is 4.44. The number of hydrogen-bond donors (Lipinski definition) is 1. The van der Waals surface area contributed by atoms with Gasteiger partial charge in [-0.15, -0.1) is 0 Å². The Morgan fingerprint density at radius 1 is 0.923 bits per heavy atom. The highest BCUT2D eigenvalue weighted by molar-refractivity contribution is 5.91. The van der Waals surface area contributed by atoms with Crippen LogP contribution in [0.25, 0.3) is 0 Å². The Bertz CT molecular complexity index is 433. The average molecular weight is 366 g/mol. The van der Waals surface area contributed by atoms with E-state index in [1.165, 1.54) is 32.1 Å². The molecule has 1 aliphatic rings. The Balaban J connectivity index is 2.77. The molecule has 1 saturated carbocycles. The Labute approximate surface area is 162 Å². The van der Waals surface area contributed by atoms with Crippen molar-refractivity contribution < 1.29 is 9.59 Å². The zero-order valence-electron chi connectivity index (χ0n) is 18.3. The second-order valence-corrected chi connectivity index (χ2v) is 9.50. The lowest BCUT2D eigenvalue weighted by Crippen LogP contribution is -2.45. The molecule has 2 atom stereocenters. The quantitative estimate of drug-likeness (QED) is 0.532. The van der Waals surface area contributed by atoms with Crippen molar-refractivity contribution in [2.75, 3.05) is 0 Å². The summed E-state index contributed by atoms with van der Waals surface area (Å²) in [7, 11) is 0. The standard InChI is InChI=1S/C23H43NO2/c1-8-18-9-11-19(12-10-18)13-20(23(26)16(4)5)14-21(25)22(15(2)3)24-17(6)7/h15-20,22,24H,8-14H2,1-7H3. The topological polar surface area (TPSA) is 46.2 Å². The monoisotopic (exact) mass is 365 g/mol. The molecule has 1 N–H and O–H groups in total. The molecule has 0 bridgehead atoms. The van der Waals surface area contributed by atoms with Crippen LogP contribution in [0.2, 0.25) is 0 Å². The minimum atomic E-state index is -0.145. The third-order valence-electron chi connectivity index (χ3n) is 6.11. The number of nitrogens with one attached hydrogen (secondary N) is 1. The summed E-state index contributed by atoms with van der Waals surface area (Å²) in [6.45, 7) is 14.5. The predicted molar refractivity (Wildman–Crippen MR) is 110 cm³/mol. The van der Waals surface area contributed by atoms with E-state index >= 15 is 0 Å². The number of hydrogen-bond acceptors (Lipinski definition) is 3. The molecule has 26 heavy (non-hydrogen) atoms. The van der Waals surface area contributed by atoms with Crippen molar-refractivity contribution >= 4 is 11.6 Å². The van der Waals surface area contributed by atoms with Gasteiger partial charge in [-0.05, 0) is 24.2 Å². The number of carbonyl (C=O) groups is 2. The van der Waals surface area contributed by atoms with E-state index < -0.39 is 0 Å². The van der Waals surface area contributed by atoms with Gasteiger partial charge in [0.1, 0.15) is 5.78 Å². The summed E-state index contributed by atoms with van der Waals surface area (Å²) in [5.41, 5.74) is 0. The maximum Gasteiger partial charge on any atom is 0.150 e. The first-order chi connectivity index (χ1) is 12.1. The molecule has 0 aromatic carbocycles. The third kappa shape index (κ3) is 7.50. The van der Waals surface area contributed by atoms with Gasteiger partial charge in [0.15, 0.2) is 5.78 Å². The van der Waals surface area contributed by atoms with E-state index in [1.807, 2.05) is 13.8 Å². The summed E-state index contributed by atoms with van der Waals surface area (Å²) in [6, 6.07) is 0.128. The first kappa shape index (κ1) is 23.3. The van der Waals surface area contributed by atoms with Crippen LogP contribution in [0, 0.1) is 29.6 Å². The van der Waals surface area contributed by atoms with E-state index in [4.69, 9.17) is 0 Å². The van der Waals surface area contributed by atoms with Gasteiger partial charge in [-0.3, -0.25) is 9.59 Å². The largest absolute Gasteiger partial charge is 0.305 e. The molecule has 0 radical (unpaired) electrons. The third-order valence-corrected chi connectivity index (χ3v) is 6.11. The van der Waals surface area contributed by atoms with Gasteiger partial charge in [0, 0.05) is 24.3 Å². The van der Waals surface area contributed by atoms with E-state index in [0.717, 1.165) is 12.3 Å². The number of Topliss-reactive ketones (excluding diaryl/α,β-unsaturated/α-hetero) is 2. The molecule has 0 amide bonds. The average Bonchev–Trinajstić information content (AvgIpc) is 2.58. The molecule has 0 saturated heterocycles. The first-order valence-electron chi connectivity index (χ1n) is 11.0. The normalized spacial score (nSPS) is 23.5. The van der Waals surface area contributed by atoms with Gasteiger partial charge in [-0.2, -0.15) is 0 Å². The maximum atomic E-state index is 13.0. The molecule has 1 aliphatic carbocycles. The van der Waals surface area contributed by atoms with Gasteiger partial charge >= 0.3 is 0 Å². The minimum Gasteiger partial charge on any atom is -0.305 e. The van der Waals surface area contributed by atoms with Crippen LogP contribution in [0.1, 0.15) is 93.4 Å². The molecule has 152 valence electrons. The summed E-state index contributed by atoms with van der Waals surface area (Å²) in [4.78, 5) is 25.8. The number of carbonyl (C=O) groups excluding carboxylic acids is 2. The second kappa shape index (κ2) is 11.2. The fourth-order valence-electron chi connectivity index (χ4n) is 4.44. The van der Waals surface area contributed by atoms with Crippen LogP contribution < -0.4 is 5.32 Å². The van der Waals surface area contributed by atoms with Crippen LogP contribution in [0.4, 0.5) is 0 Å². The van der Waals surface area contributed by atoms with Crippen molar-refractivity contribution in [3.63, 3.8) is 0 Å². The van der Waals surface area contributed by atoms with Crippen LogP contribution in [0.5, 0.6) is 0 Å². The maximum absolute atomic E-state index is 13.0. The van der Waals surface area contributed by atoms with Gasteiger partial charge < -0.3 is 5.32 Å². The zero-order chi connectivity index (χ0) is 19.9. The van der Waals surface area contributed by atoms with Crippen molar-refractivity contribution in [3.8, 4) is 0 Å². The molecule has 0 aliphatic heterocycles. The van der Waals surface area contributed by atoms with Crippen LogP contribution in [0.15, 0.2) is 0 Å². The van der Waals surface area contributed by atoms with Gasteiger partial charge in [-0.1, -0.05) is 80.6 Å². The minimum absolute atomic E-state index is 0.00957. The Hall–Kier alpha value is -0.700. The summed E-state index contributed by atoms with van der Waals surface area (Å²) in [5.74, 6) is 2.15. The van der Waals surface area contributed by atoms with E-state index in [9.17, 15) is 9.59 Å². The summed E-state index contributed by atoms with van der Waals surface area (Å²) >= 11 is 0.